The van der Waals surface area contributed by atoms with E-state index in [2.05, 4.69) is 35.8 Å². The first-order valence-electron chi connectivity index (χ1n) is 12.2. The molecule has 0 aromatic heterocycles. The van der Waals surface area contributed by atoms with Gasteiger partial charge in [0.05, 0.1) is 18.1 Å². The molecule has 7 nitrogen and oxygen atoms in total. The molecule has 0 saturated heterocycles. The van der Waals surface area contributed by atoms with Gasteiger partial charge in [-0.2, -0.15) is 35.3 Å². The fraction of sp³-hybridized carbons (Fsp3) is 0.615. The van der Waals surface area contributed by atoms with E-state index in [0.717, 1.165) is 29.4 Å². The largest absolute Gasteiger partial charge is 0.347 e. The van der Waals surface area contributed by atoms with Crippen molar-refractivity contribution in [2.24, 2.45) is 5.73 Å². The Labute approximate surface area is 228 Å². The topological polar surface area (TPSA) is 118 Å². The number of benzene rings is 1. The maximum atomic E-state index is 12.0. The highest BCUT2D eigenvalue weighted by molar-refractivity contribution is 7.99. The molecule has 0 bridgehead atoms. The lowest BCUT2D eigenvalue weighted by Gasteiger charge is -2.17. The summed E-state index contributed by atoms with van der Waals surface area (Å²) in [5, 5.41) is 5.45. The standard InChI is InChI=1S/C26H41N3O4S3/c1-6-8-34-13-21-10-22(14-35-9-7-25(32)28-18(3)19(4)30)12-23(11-21)15-36-16-24(20(5)31)29-26(33)17(2)27/h10-12,17-18,24H,6-9,13-16,27H2,1-5H3,(H,28,32)(H,29,33)/t17-,18-,24-/m1/s1. The number of hydrogen-bond donors (Lipinski definition) is 3. The number of nitrogens with two attached hydrogens (primary N) is 1. The molecular weight excluding hydrogens is 515 g/mol. The van der Waals surface area contributed by atoms with Gasteiger partial charge in [-0.05, 0) is 56.6 Å². The van der Waals surface area contributed by atoms with Gasteiger partial charge in [0.15, 0.2) is 11.6 Å². The van der Waals surface area contributed by atoms with Crippen LogP contribution < -0.4 is 16.4 Å². The van der Waals surface area contributed by atoms with Crippen molar-refractivity contribution in [3.8, 4) is 0 Å². The van der Waals surface area contributed by atoms with Crippen LogP contribution in [-0.4, -0.2) is 58.8 Å². The van der Waals surface area contributed by atoms with Gasteiger partial charge in [0.1, 0.15) is 0 Å². The van der Waals surface area contributed by atoms with Crippen molar-refractivity contribution < 1.29 is 19.2 Å². The number of rotatable bonds is 18. The van der Waals surface area contributed by atoms with E-state index in [9.17, 15) is 19.2 Å². The summed E-state index contributed by atoms with van der Waals surface area (Å²) in [6, 6.07) is 4.96. The number of carbonyl (C=O) groups excluding carboxylic acids is 4. The lowest BCUT2D eigenvalue weighted by molar-refractivity contribution is -0.126. The van der Waals surface area contributed by atoms with Crippen molar-refractivity contribution in [1.82, 2.24) is 10.6 Å². The molecule has 0 fully saturated rings. The highest BCUT2D eigenvalue weighted by atomic mass is 32.2. The molecule has 1 aromatic carbocycles. The number of ketones is 2. The molecule has 0 unspecified atom stereocenters. The molecule has 1 rings (SSSR count). The molecule has 10 heteroatoms. The van der Waals surface area contributed by atoms with Gasteiger partial charge < -0.3 is 16.4 Å². The third kappa shape index (κ3) is 13.7. The van der Waals surface area contributed by atoms with Gasteiger partial charge in [-0.1, -0.05) is 25.1 Å². The summed E-state index contributed by atoms with van der Waals surface area (Å²) in [5.41, 5.74) is 9.27. The van der Waals surface area contributed by atoms with Crippen LogP contribution in [0.4, 0.5) is 0 Å². The number of thioether (sulfide) groups is 3. The molecule has 36 heavy (non-hydrogen) atoms. The second kappa shape index (κ2) is 17.9. The molecule has 0 heterocycles. The molecule has 3 atom stereocenters. The fourth-order valence-electron chi connectivity index (χ4n) is 3.05. The van der Waals surface area contributed by atoms with E-state index in [1.807, 2.05) is 11.8 Å². The first kappa shape index (κ1) is 32.5. The average Bonchev–Trinajstić information content (AvgIpc) is 2.81. The summed E-state index contributed by atoms with van der Waals surface area (Å²) in [6.07, 6.45) is 1.50. The van der Waals surface area contributed by atoms with E-state index in [4.69, 9.17) is 5.73 Å². The summed E-state index contributed by atoms with van der Waals surface area (Å²) in [5.74, 6) is 4.16. The van der Waals surface area contributed by atoms with Gasteiger partial charge in [0.2, 0.25) is 11.8 Å². The zero-order chi connectivity index (χ0) is 27.1. The fourth-order valence-corrected chi connectivity index (χ4v) is 5.84. The van der Waals surface area contributed by atoms with Crippen molar-refractivity contribution in [1.29, 1.82) is 0 Å². The van der Waals surface area contributed by atoms with Crippen LogP contribution in [-0.2, 0) is 36.4 Å². The zero-order valence-corrected chi connectivity index (χ0v) is 24.5. The molecule has 0 aliphatic heterocycles. The molecule has 0 radical (unpaired) electrons. The average molecular weight is 556 g/mol. The van der Waals surface area contributed by atoms with Crippen molar-refractivity contribution in [3.05, 3.63) is 34.9 Å². The number of Topliss-reactive ketones (excluding diaryl/α,β-unsaturated/α-hetero) is 2. The van der Waals surface area contributed by atoms with Crippen molar-refractivity contribution in [3.63, 3.8) is 0 Å². The van der Waals surface area contributed by atoms with Crippen LogP contribution >= 0.6 is 35.3 Å². The van der Waals surface area contributed by atoms with E-state index < -0.39 is 18.1 Å². The van der Waals surface area contributed by atoms with E-state index >= 15 is 0 Å². The lowest BCUT2D eigenvalue weighted by atomic mass is 10.1. The summed E-state index contributed by atoms with van der Waals surface area (Å²) in [4.78, 5) is 47.2. The second-order valence-corrected chi connectivity index (χ2v) is 12.1. The third-order valence-corrected chi connectivity index (χ3v) is 8.60. The summed E-state index contributed by atoms with van der Waals surface area (Å²) in [6.45, 7) is 8.42. The molecule has 0 aliphatic carbocycles. The quantitative estimate of drug-likeness (QED) is 0.235. The Kier molecular flexibility index (Phi) is 16.2. The maximum Gasteiger partial charge on any atom is 0.237 e. The van der Waals surface area contributed by atoms with Crippen LogP contribution in [0.1, 0.15) is 64.2 Å². The van der Waals surface area contributed by atoms with Crippen LogP contribution in [0.25, 0.3) is 0 Å². The molecular formula is C26H41N3O4S3. The SMILES string of the molecule is CCCSCc1cc(CSCCC(=O)N[C@H](C)C(C)=O)cc(CSC[C@@H](NC(=O)[C@@H](C)N)C(C)=O)c1. The Bertz CT molecular complexity index is 880. The monoisotopic (exact) mass is 555 g/mol. The Morgan fingerprint density at radius 2 is 1.36 bits per heavy atom. The van der Waals surface area contributed by atoms with E-state index in [0.29, 0.717) is 17.9 Å². The highest BCUT2D eigenvalue weighted by Gasteiger charge is 2.19. The molecule has 1 aromatic rings. The van der Waals surface area contributed by atoms with Gasteiger partial charge in [-0.25, -0.2) is 0 Å². The highest BCUT2D eigenvalue weighted by Crippen LogP contribution is 2.23. The normalized spacial score (nSPS) is 13.5. The minimum Gasteiger partial charge on any atom is -0.347 e. The summed E-state index contributed by atoms with van der Waals surface area (Å²) in [7, 11) is 0. The molecule has 2 amide bonds. The minimum absolute atomic E-state index is 0.0508. The number of carbonyl (C=O) groups is 4. The van der Waals surface area contributed by atoms with Crippen molar-refractivity contribution in [2.75, 3.05) is 17.3 Å². The number of nitrogens with one attached hydrogen (secondary N) is 2. The van der Waals surface area contributed by atoms with Gasteiger partial charge in [-0.3, -0.25) is 19.2 Å². The van der Waals surface area contributed by atoms with Gasteiger partial charge in [0.25, 0.3) is 0 Å². The predicted octanol–water partition coefficient (Wildman–Crippen LogP) is 3.70. The summed E-state index contributed by atoms with van der Waals surface area (Å²) >= 11 is 5.21. The number of hydrogen-bond acceptors (Lipinski definition) is 8. The molecule has 0 saturated carbocycles. The van der Waals surface area contributed by atoms with Crippen LogP contribution in [0, 0.1) is 0 Å². The van der Waals surface area contributed by atoms with Gasteiger partial charge in [0, 0.05) is 35.2 Å². The Balaban J connectivity index is 2.72. The summed E-state index contributed by atoms with van der Waals surface area (Å²) < 4.78 is 0. The number of amides is 2. The molecule has 202 valence electrons. The first-order valence-corrected chi connectivity index (χ1v) is 15.7. The Morgan fingerprint density at radius 1 is 0.833 bits per heavy atom. The molecule has 0 spiro atoms. The first-order chi connectivity index (χ1) is 17.0. The maximum absolute atomic E-state index is 12.0. The van der Waals surface area contributed by atoms with Crippen molar-refractivity contribution >= 4 is 58.7 Å². The van der Waals surface area contributed by atoms with E-state index in [1.54, 1.807) is 37.4 Å². The van der Waals surface area contributed by atoms with Crippen LogP contribution in [0.2, 0.25) is 0 Å². The third-order valence-electron chi connectivity index (χ3n) is 5.23. The smallest absolute Gasteiger partial charge is 0.237 e. The van der Waals surface area contributed by atoms with Crippen LogP contribution in [0.15, 0.2) is 18.2 Å². The van der Waals surface area contributed by atoms with Crippen LogP contribution in [0.5, 0.6) is 0 Å². The molecule has 0 aliphatic rings. The zero-order valence-electron chi connectivity index (χ0n) is 22.1. The minimum atomic E-state index is -0.655. The lowest BCUT2D eigenvalue weighted by Crippen LogP contribution is -2.47. The van der Waals surface area contributed by atoms with Crippen LogP contribution in [0.3, 0.4) is 0 Å². The van der Waals surface area contributed by atoms with Gasteiger partial charge >= 0.3 is 0 Å². The predicted molar refractivity (Wildman–Crippen MR) is 154 cm³/mol. The van der Waals surface area contributed by atoms with E-state index in [1.165, 1.54) is 30.5 Å². The van der Waals surface area contributed by atoms with Crippen molar-refractivity contribution in [2.45, 2.75) is 82.8 Å². The van der Waals surface area contributed by atoms with Gasteiger partial charge in [-0.15, -0.1) is 0 Å². The Hall–Kier alpha value is -1.49. The molecule has 4 N–H and O–H groups in total. The second-order valence-electron chi connectivity index (χ2n) is 8.89. The van der Waals surface area contributed by atoms with E-state index in [-0.39, 0.29) is 23.4 Å². The Morgan fingerprint density at radius 3 is 1.83 bits per heavy atom.